The fourth-order valence-electron chi connectivity index (χ4n) is 10.3. The van der Waals surface area contributed by atoms with Gasteiger partial charge in [0.05, 0.1) is 59.1 Å². The van der Waals surface area contributed by atoms with E-state index in [0.717, 1.165) is 67.8 Å². The Morgan fingerprint density at radius 1 is 0.903 bits per heavy atom. The van der Waals surface area contributed by atoms with E-state index in [1.165, 1.54) is 9.78 Å². The SMILES string of the molecule is Cc1ncsc1-c1ccc([C@H](C)NC(=O)[C@@H]2C[C@@H](O)CN2C(=O)[C@H](NC(=O)CN2CCC(O[C@H]3C[C@H](NC(=O)C[C@@H]4N=C(c5ccc(Cl)cc5)c5c(sc(C)c5C)-n5c(C)nnc54)C3)CC2)C(C)(C)C)cc1. The number of halogens is 1. The van der Waals surface area contributed by atoms with E-state index in [-0.39, 0.29) is 67.9 Å². The number of aliphatic imine (C=N–C) groups is 1. The molecule has 2 aromatic carbocycles. The number of carbonyl (C=O) groups excluding carboxylic acids is 4. The highest BCUT2D eigenvalue weighted by molar-refractivity contribution is 7.15. The monoisotopic (exact) mass is 1040 g/mol. The van der Waals surface area contributed by atoms with Crippen molar-refractivity contribution in [3.63, 3.8) is 0 Å². The third kappa shape index (κ3) is 11.1. The van der Waals surface area contributed by atoms with E-state index in [0.29, 0.717) is 36.8 Å². The Morgan fingerprint density at radius 2 is 1.60 bits per heavy atom. The van der Waals surface area contributed by atoms with E-state index in [1.54, 1.807) is 22.7 Å². The van der Waals surface area contributed by atoms with Crippen molar-refractivity contribution in [2.24, 2.45) is 10.4 Å². The lowest BCUT2D eigenvalue weighted by molar-refractivity contribution is -0.144. The van der Waals surface area contributed by atoms with Crippen molar-refractivity contribution >= 4 is 63.6 Å². The molecule has 6 heterocycles. The van der Waals surface area contributed by atoms with Gasteiger partial charge in [0.15, 0.2) is 5.82 Å². The number of aryl methyl sites for hydroxylation is 3. The minimum atomic E-state index is -0.919. The Labute approximate surface area is 434 Å². The van der Waals surface area contributed by atoms with Crippen LogP contribution in [0, 0.1) is 33.1 Å². The number of amides is 4. The first kappa shape index (κ1) is 51.5. The Balaban J connectivity index is 0.736. The molecule has 4 aliphatic rings. The summed E-state index contributed by atoms with van der Waals surface area (Å²) in [4.78, 5) is 70.8. The van der Waals surface area contributed by atoms with Gasteiger partial charge in [-0.05, 0) is 94.5 Å². The molecule has 4 amide bonds. The van der Waals surface area contributed by atoms with Gasteiger partial charge in [0, 0.05) is 53.1 Å². The molecule has 3 fully saturated rings. The predicted molar refractivity (Wildman–Crippen MR) is 280 cm³/mol. The molecule has 3 aromatic heterocycles. The Hall–Kier alpha value is -5.37. The number of fused-ring (bicyclic) bond motifs is 3. The minimum Gasteiger partial charge on any atom is -0.391 e. The number of hydrogen-bond acceptors (Lipinski definition) is 13. The highest BCUT2D eigenvalue weighted by atomic mass is 35.5. The number of β-amino-alcohol motifs (C(OH)–C–C–N with tert-alkyl or cyclic N) is 1. The summed E-state index contributed by atoms with van der Waals surface area (Å²) in [5.74, 6) is 0.248. The molecule has 0 unspecified atom stereocenters. The van der Waals surface area contributed by atoms with Crippen LogP contribution in [0.4, 0.5) is 0 Å². The average molecular weight is 1040 g/mol. The highest BCUT2D eigenvalue weighted by Crippen LogP contribution is 2.40. The first-order chi connectivity index (χ1) is 34.3. The summed E-state index contributed by atoms with van der Waals surface area (Å²) in [5.41, 5.74) is 7.96. The number of ether oxygens (including phenoxy) is 1. The van der Waals surface area contributed by atoms with Crippen molar-refractivity contribution in [1.82, 2.24) is 45.5 Å². The molecule has 3 aliphatic heterocycles. The van der Waals surface area contributed by atoms with Crippen LogP contribution in [-0.2, 0) is 23.9 Å². The lowest BCUT2D eigenvalue weighted by Gasteiger charge is -2.40. The zero-order valence-electron chi connectivity index (χ0n) is 42.2. The van der Waals surface area contributed by atoms with Crippen molar-refractivity contribution in [1.29, 1.82) is 0 Å². The second-order valence-corrected chi connectivity index (χ2v) is 23.5. The van der Waals surface area contributed by atoms with Crippen LogP contribution in [0.2, 0.25) is 5.02 Å². The number of thiophene rings is 1. The van der Waals surface area contributed by atoms with Gasteiger partial charge in [0.2, 0.25) is 23.6 Å². The number of hydrogen-bond donors (Lipinski definition) is 4. The van der Waals surface area contributed by atoms with Gasteiger partial charge in [-0.25, -0.2) is 4.98 Å². The number of nitrogens with zero attached hydrogens (tertiary/aromatic N) is 7. The van der Waals surface area contributed by atoms with E-state index in [1.807, 2.05) is 100 Å². The molecule has 19 heteroatoms. The highest BCUT2D eigenvalue weighted by Gasteiger charge is 2.45. The maximum Gasteiger partial charge on any atom is 0.246 e. The van der Waals surface area contributed by atoms with E-state index in [4.69, 9.17) is 21.3 Å². The molecule has 382 valence electrons. The molecule has 9 rings (SSSR count). The van der Waals surface area contributed by atoms with Gasteiger partial charge in [-0.1, -0.05) is 68.8 Å². The summed E-state index contributed by atoms with van der Waals surface area (Å²) in [5, 5.41) is 30.6. The number of benzene rings is 2. The molecular formula is C53H65ClN10O6S2. The summed E-state index contributed by atoms with van der Waals surface area (Å²) in [7, 11) is 0. The number of aromatic nitrogens is 4. The molecule has 16 nitrogen and oxygen atoms in total. The third-order valence-corrected chi connectivity index (χ3v) is 17.0. The fourth-order valence-corrected chi connectivity index (χ4v) is 12.4. The number of piperidine rings is 1. The number of carbonyl (C=O) groups is 4. The molecule has 0 radical (unpaired) electrons. The molecule has 5 aromatic rings. The van der Waals surface area contributed by atoms with Crippen LogP contribution in [0.25, 0.3) is 15.4 Å². The topological polar surface area (TPSA) is 196 Å². The fraction of sp³-hybridized carbons (Fsp3) is 0.509. The first-order valence-corrected chi connectivity index (χ1v) is 27.0. The lowest BCUT2D eigenvalue weighted by Crippen LogP contribution is -2.59. The van der Waals surface area contributed by atoms with Crippen LogP contribution in [-0.4, -0.2) is 127 Å². The summed E-state index contributed by atoms with van der Waals surface area (Å²) in [6.45, 7) is 17.1. The van der Waals surface area contributed by atoms with Crippen molar-refractivity contribution in [3.05, 3.63) is 104 Å². The maximum absolute atomic E-state index is 14.3. The van der Waals surface area contributed by atoms with Crippen molar-refractivity contribution in [2.75, 3.05) is 26.2 Å². The minimum absolute atomic E-state index is 0.00137. The van der Waals surface area contributed by atoms with Crippen LogP contribution < -0.4 is 16.0 Å². The first-order valence-electron chi connectivity index (χ1n) is 24.9. The second-order valence-electron chi connectivity index (χ2n) is 21.0. The van der Waals surface area contributed by atoms with Crippen molar-refractivity contribution in [2.45, 2.75) is 142 Å². The largest absolute Gasteiger partial charge is 0.391 e. The van der Waals surface area contributed by atoms with E-state index in [2.05, 4.69) is 49.9 Å². The van der Waals surface area contributed by atoms with Gasteiger partial charge >= 0.3 is 0 Å². The van der Waals surface area contributed by atoms with Gasteiger partial charge < -0.3 is 30.7 Å². The molecule has 5 atom stereocenters. The lowest BCUT2D eigenvalue weighted by atomic mass is 9.85. The molecule has 2 saturated heterocycles. The van der Waals surface area contributed by atoms with Crippen LogP contribution in [0.1, 0.15) is 123 Å². The molecule has 0 spiro atoms. The zero-order valence-corrected chi connectivity index (χ0v) is 44.6. The average Bonchev–Trinajstić information content (AvgIpc) is 4.10. The second kappa shape index (κ2) is 21.2. The van der Waals surface area contributed by atoms with Crippen LogP contribution in [0.5, 0.6) is 0 Å². The number of thiazole rings is 1. The van der Waals surface area contributed by atoms with Gasteiger partial charge in [-0.15, -0.1) is 32.9 Å². The Morgan fingerprint density at radius 3 is 2.26 bits per heavy atom. The number of aliphatic hydroxyl groups excluding tert-OH is 1. The maximum atomic E-state index is 14.3. The van der Waals surface area contributed by atoms with Crippen LogP contribution in [0.15, 0.2) is 59.0 Å². The smallest absolute Gasteiger partial charge is 0.246 e. The van der Waals surface area contributed by atoms with Gasteiger partial charge in [-0.3, -0.25) is 33.6 Å². The quantitative estimate of drug-likeness (QED) is 0.0890. The van der Waals surface area contributed by atoms with Gasteiger partial charge in [-0.2, -0.15) is 0 Å². The van der Waals surface area contributed by atoms with Crippen LogP contribution >= 0.6 is 34.3 Å². The standard InChI is InChI=1S/C53H65ClN10O6S2/c1-28-31(4)72-52-45(28)46(34-13-15-36(54)16-14-34)58-41(49-61-60-32(5)64(49)52)24-43(66)57-37-21-40(22-37)70-39-17-19-62(20-18-39)26-44(67)59-48(53(6,7)8)51(69)63-25-38(65)23-42(63)50(68)56-29(2)33-9-11-35(12-10-33)47-30(3)55-27-71-47/h9-16,27,29,37-42,48,65H,17-26H2,1-8H3,(H,56,68)(H,57,66)(H,59,67)/t29-,37-,38+,40-,41-,42-,48-/m0/s1. The third-order valence-electron chi connectivity index (χ3n) is 14.5. The van der Waals surface area contributed by atoms with E-state index < -0.39 is 35.6 Å². The summed E-state index contributed by atoms with van der Waals surface area (Å²) >= 11 is 9.53. The van der Waals surface area contributed by atoms with E-state index in [9.17, 15) is 24.3 Å². The molecular weight excluding hydrogens is 972 g/mol. The summed E-state index contributed by atoms with van der Waals surface area (Å²) in [6, 6.07) is 12.9. The van der Waals surface area contributed by atoms with Gasteiger partial charge in [0.1, 0.15) is 29.0 Å². The van der Waals surface area contributed by atoms with Crippen LogP contribution in [0.3, 0.4) is 0 Å². The predicted octanol–water partition coefficient (Wildman–Crippen LogP) is 7.12. The molecule has 1 aliphatic carbocycles. The molecule has 0 bridgehead atoms. The molecule has 4 N–H and O–H groups in total. The van der Waals surface area contributed by atoms with Crippen molar-refractivity contribution in [3.8, 4) is 15.4 Å². The summed E-state index contributed by atoms with van der Waals surface area (Å²) in [6.07, 6.45) is 2.34. The Bertz CT molecular complexity index is 2840. The molecule has 72 heavy (non-hydrogen) atoms. The zero-order chi connectivity index (χ0) is 51.2. The van der Waals surface area contributed by atoms with E-state index >= 15 is 0 Å². The Kier molecular flexibility index (Phi) is 15.2. The van der Waals surface area contributed by atoms with Gasteiger partial charge in [0.25, 0.3) is 0 Å². The number of rotatable bonds is 14. The molecule has 1 saturated carbocycles. The normalized spacial score (nSPS) is 22.2. The summed E-state index contributed by atoms with van der Waals surface area (Å²) < 4.78 is 8.55. The number of likely N-dealkylation sites (tertiary alicyclic amines) is 2. The number of aliphatic hydroxyl groups is 1. The van der Waals surface area contributed by atoms with Crippen molar-refractivity contribution < 1.29 is 29.0 Å². The number of nitrogens with one attached hydrogen (secondary N) is 3.